The lowest BCUT2D eigenvalue weighted by Crippen LogP contribution is -2.51. The summed E-state index contributed by atoms with van der Waals surface area (Å²) < 4.78 is 5.43. The zero-order chi connectivity index (χ0) is 20.5. The number of carbonyl (C=O) groups is 2. The van der Waals surface area contributed by atoms with Gasteiger partial charge < -0.3 is 20.3 Å². The van der Waals surface area contributed by atoms with E-state index in [1.54, 1.807) is 12.0 Å². The third kappa shape index (κ3) is 5.74. The highest BCUT2D eigenvalue weighted by atomic mass is 16.5. The first kappa shape index (κ1) is 21.3. The zero-order valence-electron chi connectivity index (χ0n) is 16.7. The Hall–Kier alpha value is -3.01. The maximum absolute atomic E-state index is 12.8. The molecular weight excluding hydrogens is 356 g/mol. The standard InChI is InChI=1S/C21H28N4O3/c1-15(2)13-18(20(26)23-11-10-22)24-21(27)25-12-6-7-16(14-25)17-8-4-5-9-19(17)28-3/h4-5,8-9,14-15,18H,6-7,11-13H2,1-3H3,(H,23,26)(H,24,27). The van der Waals surface area contributed by atoms with Crippen molar-refractivity contribution >= 4 is 17.5 Å². The summed E-state index contributed by atoms with van der Waals surface area (Å²) in [6.45, 7) is 4.47. The highest BCUT2D eigenvalue weighted by Crippen LogP contribution is 2.31. The molecule has 7 heteroatoms. The van der Waals surface area contributed by atoms with Gasteiger partial charge in [-0.25, -0.2) is 4.79 Å². The van der Waals surface area contributed by atoms with Crippen LogP contribution in [0.1, 0.15) is 38.7 Å². The number of nitrogens with zero attached hydrogens (tertiary/aromatic N) is 2. The van der Waals surface area contributed by atoms with Gasteiger partial charge in [-0.2, -0.15) is 5.26 Å². The number of amides is 3. The molecule has 1 atom stereocenters. The first-order valence-electron chi connectivity index (χ1n) is 9.52. The highest BCUT2D eigenvalue weighted by Gasteiger charge is 2.25. The number of para-hydroxylation sites is 1. The average Bonchev–Trinajstić information content (AvgIpc) is 2.71. The summed E-state index contributed by atoms with van der Waals surface area (Å²) in [6.07, 6.45) is 4.01. The summed E-state index contributed by atoms with van der Waals surface area (Å²) in [4.78, 5) is 26.7. The molecule has 0 aromatic heterocycles. The quantitative estimate of drug-likeness (QED) is 0.707. The lowest BCUT2D eigenvalue weighted by atomic mass is 9.98. The van der Waals surface area contributed by atoms with E-state index in [0.29, 0.717) is 13.0 Å². The Morgan fingerprint density at radius 3 is 2.75 bits per heavy atom. The summed E-state index contributed by atoms with van der Waals surface area (Å²) in [5.41, 5.74) is 1.99. The van der Waals surface area contributed by atoms with E-state index in [4.69, 9.17) is 10.00 Å². The van der Waals surface area contributed by atoms with Crippen LogP contribution < -0.4 is 15.4 Å². The van der Waals surface area contributed by atoms with Crippen molar-refractivity contribution in [2.75, 3.05) is 20.2 Å². The van der Waals surface area contributed by atoms with Gasteiger partial charge in [-0.15, -0.1) is 0 Å². The number of urea groups is 1. The molecule has 2 rings (SSSR count). The van der Waals surface area contributed by atoms with Crippen LogP contribution in [0.4, 0.5) is 4.79 Å². The van der Waals surface area contributed by atoms with Gasteiger partial charge >= 0.3 is 6.03 Å². The van der Waals surface area contributed by atoms with E-state index in [9.17, 15) is 9.59 Å². The molecule has 0 bridgehead atoms. The van der Waals surface area contributed by atoms with Crippen LogP contribution in [0.25, 0.3) is 5.57 Å². The Kier molecular flexibility index (Phi) is 7.88. The maximum Gasteiger partial charge on any atom is 0.322 e. The molecule has 3 amide bonds. The minimum absolute atomic E-state index is 0.0785. The van der Waals surface area contributed by atoms with Gasteiger partial charge in [-0.1, -0.05) is 32.0 Å². The predicted molar refractivity (Wildman–Crippen MR) is 107 cm³/mol. The van der Waals surface area contributed by atoms with Crippen LogP contribution in [0, 0.1) is 17.2 Å². The number of carbonyl (C=O) groups excluding carboxylic acids is 2. The Bertz CT molecular complexity index is 767. The van der Waals surface area contributed by atoms with Gasteiger partial charge in [0.1, 0.15) is 18.3 Å². The molecule has 0 spiro atoms. The summed E-state index contributed by atoms with van der Waals surface area (Å²) in [7, 11) is 1.63. The number of benzene rings is 1. The van der Waals surface area contributed by atoms with Crippen LogP contribution in [-0.4, -0.2) is 43.1 Å². The predicted octanol–water partition coefficient (Wildman–Crippen LogP) is 2.90. The number of rotatable bonds is 7. The minimum atomic E-state index is -0.675. The monoisotopic (exact) mass is 384 g/mol. The summed E-state index contributed by atoms with van der Waals surface area (Å²) in [5, 5.41) is 14.0. The van der Waals surface area contributed by atoms with Crippen LogP contribution in [0.2, 0.25) is 0 Å². The number of ether oxygens (including phenoxy) is 1. The number of nitrogens with one attached hydrogen (secondary N) is 2. The fraction of sp³-hybridized carbons (Fsp3) is 0.476. The highest BCUT2D eigenvalue weighted by molar-refractivity contribution is 5.88. The summed E-state index contributed by atoms with van der Waals surface area (Å²) in [5.74, 6) is 0.651. The van der Waals surface area contributed by atoms with E-state index >= 15 is 0 Å². The topological polar surface area (TPSA) is 94.5 Å². The van der Waals surface area contributed by atoms with Crippen molar-refractivity contribution in [3.8, 4) is 11.8 Å². The Balaban J connectivity index is 2.14. The molecule has 1 unspecified atom stereocenters. The van der Waals surface area contributed by atoms with E-state index in [0.717, 1.165) is 29.7 Å². The van der Waals surface area contributed by atoms with Gasteiger partial charge in [0, 0.05) is 18.3 Å². The molecule has 1 aromatic carbocycles. The average molecular weight is 384 g/mol. The molecule has 1 heterocycles. The third-order valence-electron chi connectivity index (χ3n) is 4.53. The van der Waals surface area contributed by atoms with Crippen molar-refractivity contribution in [1.29, 1.82) is 5.26 Å². The number of hydrogen-bond donors (Lipinski definition) is 2. The second kappa shape index (κ2) is 10.4. The molecule has 1 aromatic rings. The second-order valence-corrected chi connectivity index (χ2v) is 7.16. The Morgan fingerprint density at radius 1 is 1.32 bits per heavy atom. The SMILES string of the molecule is COc1ccccc1C1=CN(C(=O)NC(CC(C)C)C(=O)NCC#N)CCC1. The van der Waals surface area contributed by atoms with E-state index in [-0.39, 0.29) is 24.4 Å². The van der Waals surface area contributed by atoms with Gasteiger partial charge in [0.05, 0.1) is 13.2 Å². The van der Waals surface area contributed by atoms with Crippen molar-refractivity contribution < 1.29 is 14.3 Å². The van der Waals surface area contributed by atoms with E-state index in [1.807, 2.05) is 50.4 Å². The fourth-order valence-electron chi connectivity index (χ4n) is 3.22. The first-order chi connectivity index (χ1) is 13.5. The molecule has 0 saturated heterocycles. The fourth-order valence-corrected chi connectivity index (χ4v) is 3.22. The first-order valence-corrected chi connectivity index (χ1v) is 9.52. The molecule has 0 fully saturated rings. The van der Waals surface area contributed by atoms with E-state index in [1.165, 1.54) is 0 Å². The molecular formula is C21H28N4O3. The van der Waals surface area contributed by atoms with Crippen molar-refractivity contribution in [2.45, 2.75) is 39.2 Å². The van der Waals surface area contributed by atoms with E-state index in [2.05, 4.69) is 10.6 Å². The van der Waals surface area contributed by atoms with Crippen LogP contribution in [-0.2, 0) is 4.79 Å². The molecule has 0 radical (unpaired) electrons. The molecule has 7 nitrogen and oxygen atoms in total. The Labute approximate surface area is 166 Å². The zero-order valence-corrected chi connectivity index (χ0v) is 16.7. The van der Waals surface area contributed by atoms with Crippen molar-refractivity contribution in [2.24, 2.45) is 5.92 Å². The number of hydrogen-bond acceptors (Lipinski definition) is 4. The molecule has 0 aliphatic carbocycles. The summed E-state index contributed by atoms with van der Waals surface area (Å²) in [6, 6.07) is 8.61. The van der Waals surface area contributed by atoms with Crippen LogP contribution in [0.5, 0.6) is 5.75 Å². The van der Waals surface area contributed by atoms with Gasteiger partial charge in [0.15, 0.2) is 0 Å². The molecule has 150 valence electrons. The molecule has 1 aliphatic rings. The van der Waals surface area contributed by atoms with Gasteiger partial charge in [-0.3, -0.25) is 4.79 Å². The number of allylic oxidation sites excluding steroid dienone is 1. The molecule has 1 aliphatic heterocycles. The number of nitriles is 1. The lowest BCUT2D eigenvalue weighted by Gasteiger charge is -2.28. The van der Waals surface area contributed by atoms with Crippen LogP contribution >= 0.6 is 0 Å². The number of methoxy groups -OCH3 is 1. The van der Waals surface area contributed by atoms with Crippen molar-refractivity contribution in [1.82, 2.24) is 15.5 Å². The third-order valence-corrected chi connectivity index (χ3v) is 4.53. The van der Waals surface area contributed by atoms with Crippen molar-refractivity contribution in [3.63, 3.8) is 0 Å². The van der Waals surface area contributed by atoms with Gasteiger partial charge in [-0.05, 0) is 36.8 Å². The summed E-state index contributed by atoms with van der Waals surface area (Å²) >= 11 is 0. The lowest BCUT2D eigenvalue weighted by molar-refractivity contribution is -0.123. The van der Waals surface area contributed by atoms with Crippen LogP contribution in [0.3, 0.4) is 0 Å². The van der Waals surface area contributed by atoms with E-state index < -0.39 is 6.04 Å². The van der Waals surface area contributed by atoms with Crippen LogP contribution in [0.15, 0.2) is 30.5 Å². The normalized spacial score (nSPS) is 14.7. The van der Waals surface area contributed by atoms with Crippen molar-refractivity contribution in [3.05, 3.63) is 36.0 Å². The second-order valence-electron chi connectivity index (χ2n) is 7.16. The Morgan fingerprint density at radius 2 is 2.07 bits per heavy atom. The van der Waals surface area contributed by atoms with Gasteiger partial charge in [0.2, 0.25) is 5.91 Å². The smallest absolute Gasteiger partial charge is 0.322 e. The minimum Gasteiger partial charge on any atom is -0.496 e. The molecule has 2 N–H and O–H groups in total. The molecule has 28 heavy (non-hydrogen) atoms. The maximum atomic E-state index is 12.8. The largest absolute Gasteiger partial charge is 0.496 e. The molecule has 0 saturated carbocycles. The van der Waals surface area contributed by atoms with Gasteiger partial charge in [0.25, 0.3) is 0 Å².